The molecule has 22 heavy (non-hydrogen) atoms. The molecule has 4 nitrogen and oxygen atoms in total. The summed E-state index contributed by atoms with van der Waals surface area (Å²) >= 11 is 30.3. The predicted molar refractivity (Wildman–Crippen MR) is 90.5 cm³/mol. The first kappa shape index (κ1) is 17.4. The molecule has 0 aliphatic rings. The summed E-state index contributed by atoms with van der Waals surface area (Å²) in [6.07, 6.45) is 1.28. The summed E-state index contributed by atoms with van der Waals surface area (Å²) in [4.78, 5) is 15.6. The largest absolute Gasteiger partial charge is 0.465 e. The molecule has 2 aromatic rings. The summed E-state index contributed by atoms with van der Waals surface area (Å²) in [6, 6.07) is 1.39. The van der Waals surface area contributed by atoms with Crippen molar-refractivity contribution in [3.8, 4) is 11.3 Å². The lowest BCUT2D eigenvalue weighted by atomic mass is 10.1. The number of carbonyl (C=O) groups excluding carboxylic acids is 1. The standard InChI is InChI=1S/C13H7Cl5N2O2/c1-22-13(21)4-2-5(19)12(20-3-4)6-7(14)9(16)11(18)10(17)8(6)15/h2-3H,19H2,1H3. The number of benzene rings is 1. The normalized spacial score (nSPS) is 10.6. The van der Waals surface area contributed by atoms with E-state index in [2.05, 4.69) is 9.72 Å². The second-order valence-corrected chi connectivity index (χ2v) is 5.99. The van der Waals surface area contributed by atoms with Gasteiger partial charge in [0.25, 0.3) is 0 Å². The van der Waals surface area contributed by atoms with Gasteiger partial charge < -0.3 is 10.5 Å². The minimum absolute atomic E-state index is 0.0333. The van der Waals surface area contributed by atoms with Crippen molar-refractivity contribution in [2.45, 2.75) is 0 Å². The van der Waals surface area contributed by atoms with E-state index in [9.17, 15) is 4.79 Å². The van der Waals surface area contributed by atoms with Gasteiger partial charge in [-0.1, -0.05) is 58.0 Å². The number of ether oxygens (including phenoxy) is 1. The number of aromatic nitrogens is 1. The van der Waals surface area contributed by atoms with Crippen molar-refractivity contribution in [1.82, 2.24) is 4.98 Å². The van der Waals surface area contributed by atoms with E-state index in [0.29, 0.717) is 0 Å². The smallest absolute Gasteiger partial charge is 0.339 e. The molecule has 1 heterocycles. The van der Waals surface area contributed by atoms with Crippen molar-refractivity contribution >= 4 is 69.7 Å². The zero-order valence-electron chi connectivity index (χ0n) is 10.9. The highest BCUT2D eigenvalue weighted by molar-refractivity contribution is 6.56. The van der Waals surface area contributed by atoms with E-state index in [1.807, 2.05) is 0 Å². The summed E-state index contributed by atoms with van der Waals surface area (Å²) in [5.41, 5.74) is 6.71. The molecule has 2 N–H and O–H groups in total. The van der Waals surface area contributed by atoms with Gasteiger partial charge >= 0.3 is 5.97 Å². The van der Waals surface area contributed by atoms with Gasteiger partial charge in [-0.2, -0.15) is 0 Å². The third kappa shape index (κ3) is 2.94. The molecule has 0 saturated heterocycles. The SMILES string of the molecule is COC(=O)c1cnc(-c2c(Cl)c(Cl)c(Cl)c(Cl)c2Cl)c(N)c1. The number of nitrogen functional groups attached to an aromatic ring is 1. The van der Waals surface area contributed by atoms with E-state index in [1.165, 1.54) is 19.4 Å². The van der Waals surface area contributed by atoms with Gasteiger partial charge in [-0.15, -0.1) is 0 Å². The Labute approximate surface area is 151 Å². The number of nitrogens with two attached hydrogens (primary N) is 1. The molecule has 0 atom stereocenters. The van der Waals surface area contributed by atoms with Gasteiger partial charge in [0.2, 0.25) is 0 Å². The number of anilines is 1. The molecule has 0 bridgehead atoms. The maximum Gasteiger partial charge on any atom is 0.339 e. The highest BCUT2D eigenvalue weighted by Crippen LogP contribution is 2.48. The Kier molecular flexibility index (Phi) is 5.30. The summed E-state index contributed by atoms with van der Waals surface area (Å²) in [7, 11) is 1.25. The fourth-order valence-electron chi connectivity index (χ4n) is 1.73. The topological polar surface area (TPSA) is 65.2 Å². The zero-order valence-corrected chi connectivity index (χ0v) is 14.7. The lowest BCUT2D eigenvalue weighted by molar-refractivity contribution is 0.0600. The molecule has 0 radical (unpaired) electrons. The highest BCUT2D eigenvalue weighted by Gasteiger charge is 2.23. The Balaban J connectivity index is 2.70. The van der Waals surface area contributed by atoms with E-state index in [1.54, 1.807) is 0 Å². The fourth-order valence-corrected chi connectivity index (χ4v) is 3.05. The van der Waals surface area contributed by atoms with E-state index < -0.39 is 5.97 Å². The minimum Gasteiger partial charge on any atom is -0.465 e. The summed E-state index contributed by atoms with van der Waals surface area (Å²) in [5, 5.41) is 0.223. The van der Waals surface area contributed by atoms with Crippen LogP contribution in [0.1, 0.15) is 10.4 Å². The van der Waals surface area contributed by atoms with Crippen molar-refractivity contribution in [1.29, 1.82) is 0 Å². The number of pyridine rings is 1. The number of halogens is 5. The summed E-state index contributed by atoms with van der Waals surface area (Å²) < 4.78 is 4.59. The molecular formula is C13H7Cl5N2O2. The van der Waals surface area contributed by atoms with Crippen LogP contribution in [0.2, 0.25) is 25.1 Å². The van der Waals surface area contributed by atoms with Crippen molar-refractivity contribution in [3.63, 3.8) is 0 Å². The van der Waals surface area contributed by atoms with Gasteiger partial charge in [-0.3, -0.25) is 4.98 Å². The van der Waals surface area contributed by atoms with Crippen molar-refractivity contribution in [3.05, 3.63) is 42.9 Å². The second-order valence-electron chi connectivity index (χ2n) is 4.10. The molecule has 0 fully saturated rings. The van der Waals surface area contributed by atoms with Crippen LogP contribution in [0.5, 0.6) is 0 Å². The molecule has 0 aliphatic carbocycles. The number of hydrogen-bond donors (Lipinski definition) is 1. The van der Waals surface area contributed by atoms with Gasteiger partial charge in [0.1, 0.15) is 0 Å². The first-order valence-electron chi connectivity index (χ1n) is 5.65. The number of methoxy groups -OCH3 is 1. The first-order chi connectivity index (χ1) is 10.3. The Morgan fingerprint density at radius 2 is 1.55 bits per heavy atom. The highest BCUT2D eigenvalue weighted by atomic mass is 35.5. The molecule has 0 amide bonds. The summed E-state index contributed by atoms with van der Waals surface area (Å²) in [5.74, 6) is -0.574. The molecule has 1 aromatic carbocycles. The average molecular weight is 400 g/mol. The molecule has 0 aliphatic heterocycles. The lowest BCUT2D eigenvalue weighted by Crippen LogP contribution is -2.05. The van der Waals surface area contributed by atoms with Gasteiger partial charge in [0, 0.05) is 11.8 Å². The molecule has 0 saturated carbocycles. The van der Waals surface area contributed by atoms with Crippen LogP contribution >= 0.6 is 58.0 Å². The van der Waals surface area contributed by atoms with Crippen LogP contribution in [0, 0.1) is 0 Å². The number of carbonyl (C=O) groups is 1. The molecule has 116 valence electrons. The van der Waals surface area contributed by atoms with Gasteiger partial charge in [0.05, 0.1) is 49.2 Å². The van der Waals surface area contributed by atoms with Crippen LogP contribution in [0.3, 0.4) is 0 Å². The van der Waals surface area contributed by atoms with Gasteiger partial charge in [-0.25, -0.2) is 4.79 Å². The van der Waals surface area contributed by atoms with E-state index >= 15 is 0 Å². The van der Waals surface area contributed by atoms with E-state index in [-0.39, 0.29) is 47.6 Å². The maximum atomic E-state index is 11.5. The molecule has 9 heteroatoms. The minimum atomic E-state index is -0.574. The van der Waals surface area contributed by atoms with Crippen molar-refractivity contribution < 1.29 is 9.53 Å². The zero-order chi connectivity index (χ0) is 16.6. The molecule has 1 aromatic heterocycles. The Bertz CT molecular complexity index is 751. The van der Waals surface area contributed by atoms with Crippen LogP contribution in [0.4, 0.5) is 5.69 Å². The lowest BCUT2D eigenvalue weighted by Gasteiger charge is -2.14. The fraction of sp³-hybridized carbons (Fsp3) is 0.0769. The molecule has 0 spiro atoms. The molecular weight excluding hydrogens is 393 g/mol. The van der Waals surface area contributed by atoms with Crippen molar-refractivity contribution in [2.24, 2.45) is 0 Å². The first-order valence-corrected chi connectivity index (χ1v) is 7.54. The van der Waals surface area contributed by atoms with Crippen molar-refractivity contribution in [2.75, 3.05) is 12.8 Å². The third-order valence-corrected chi connectivity index (χ3v) is 5.06. The van der Waals surface area contributed by atoms with E-state index in [4.69, 9.17) is 63.7 Å². The number of rotatable bonds is 2. The number of nitrogens with zero attached hydrogens (tertiary/aromatic N) is 1. The Morgan fingerprint density at radius 3 is 2.00 bits per heavy atom. The van der Waals surface area contributed by atoms with E-state index in [0.717, 1.165) is 0 Å². The number of hydrogen-bond acceptors (Lipinski definition) is 4. The van der Waals surface area contributed by atoms with Crippen LogP contribution < -0.4 is 5.73 Å². The Hall–Kier alpha value is -0.910. The Morgan fingerprint density at radius 1 is 1.05 bits per heavy atom. The molecule has 0 unspecified atom stereocenters. The number of esters is 1. The third-order valence-electron chi connectivity index (χ3n) is 2.78. The maximum absolute atomic E-state index is 11.5. The average Bonchev–Trinajstić information content (AvgIpc) is 2.51. The van der Waals surface area contributed by atoms with Gasteiger partial charge in [0.15, 0.2) is 0 Å². The van der Waals surface area contributed by atoms with Crippen LogP contribution in [0.25, 0.3) is 11.3 Å². The van der Waals surface area contributed by atoms with Gasteiger partial charge in [-0.05, 0) is 6.07 Å². The molecule has 2 rings (SSSR count). The van der Waals surface area contributed by atoms with Crippen LogP contribution in [-0.4, -0.2) is 18.1 Å². The van der Waals surface area contributed by atoms with Crippen LogP contribution in [-0.2, 0) is 4.74 Å². The quantitative estimate of drug-likeness (QED) is 0.417. The second kappa shape index (κ2) is 6.69. The summed E-state index contributed by atoms with van der Waals surface area (Å²) in [6.45, 7) is 0. The predicted octanol–water partition coefficient (Wildman–Crippen LogP) is 5.38. The monoisotopic (exact) mass is 398 g/mol. The van der Waals surface area contributed by atoms with Crippen LogP contribution in [0.15, 0.2) is 12.3 Å².